The van der Waals surface area contributed by atoms with Crippen LogP contribution in [0.1, 0.15) is 18.1 Å². The zero-order valence-electron chi connectivity index (χ0n) is 15.2. The van der Waals surface area contributed by atoms with Gasteiger partial charge in [0.05, 0.1) is 17.8 Å². The number of amides is 1. The van der Waals surface area contributed by atoms with Crippen molar-refractivity contribution < 1.29 is 37.5 Å². The van der Waals surface area contributed by atoms with Gasteiger partial charge in [-0.2, -0.15) is 5.48 Å². The van der Waals surface area contributed by atoms with Crippen molar-refractivity contribution in [2.45, 2.75) is 19.8 Å². The van der Waals surface area contributed by atoms with E-state index in [0.717, 1.165) is 0 Å². The summed E-state index contributed by atoms with van der Waals surface area (Å²) in [6, 6.07) is 9.19. The fourth-order valence-corrected chi connectivity index (χ4v) is 2.49. The maximum atomic E-state index is 13.2. The van der Waals surface area contributed by atoms with Crippen molar-refractivity contribution in [1.29, 1.82) is 0 Å². The lowest BCUT2D eigenvalue weighted by molar-refractivity contribution is -0.287. The van der Waals surface area contributed by atoms with Crippen molar-refractivity contribution in [1.82, 2.24) is 5.48 Å². The molecule has 1 N–H and O–H groups in total. The smallest absolute Gasteiger partial charge is 0.451 e. The molecule has 154 valence electrons. The normalized spacial score (nSPS) is 14.3. The van der Waals surface area contributed by atoms with Gasteiger partial charge < -0.3 is 23.9 Å². The number of fused-ring (bicyclic) bond motifs is 1. The molecule has 0 fully saturated rings. The number of para-hydroxylation sites is 1. The van der Waals surface area contributed by atoms with Crippen LogP contribution in [-0.2, 0) is 16.2 Å². The van der Waals surface area contributed by atoms with Gasteiger partial charge in [-0.1, -0.05) is 35.0 Å². The van der Waals surface area contributed by atoms with Gasteiger partial charge in [0.2, 0.25) is 0 Å². The maximum absolute atomic E-state index is 13.2. The van der Waals surface area contributed by atoms with E-state index < -0.39 is 12.4 Å². The average Bonchev–Trinajstić information content (AvgIpc) is 3.01. The van der Waals surface area contributed by atoms with Gasteiger partial charge >= 0.3 is 12.4 Å². The van der Waals surface area contributed by atoms with E-state index in [4.69, 9.17) is 21.3 Å². The van der Waals surface area contributed by atoms with Crippen LogP contribution in [0.3, 0.4) is 0 Å². The predicted molar refractivity (Wildman–Crippen MR) is 97.3 cm³/mol. The molecule has 0 aromatic heterocycles. The number of methoxy groups -OCH3 is 1. The Morgan fingerprint density at radius 2 is 2.07 bits per heavy atom. The predicted octanol–water partition coefficient (Wildman–Crippen LogP) is 4.25. The molecule has 0 saturated carbocycles. The molecular formula is C18H15ClF2N2O6. The Morgan fingerprint density at radius 1 is 1.28 bits per heavy atom. The Kier molecular flexibility index (Phi) is 5.92. The molecule has 2 aromatic rings. The van der Waals surface area contributed by atoms with E-state index in [0.29, 0.717) is 16.8 Å². The van der Waals surface area contributed by atoms with Gasteiger partial charge in [0.1, 0.15) is 6.61 Å². The van der Waals surface area contributed by atoms with Crippen LogP contribution < -0.4 is 19.8 Å². The standard InChI is InChI=1S/C18H15ClF2N2O6/c1-10(11-6-7-13(19)15(8-11)29-23-17(24)25-2)22-26-9-12-4-3-5-14-16(12)28-18(20,21)27-14/h3-8H,9H2,1-2H3,(H,23,24). The first kappa shape index (κ1) is 20.5. The minimum atomic E-state index is -3.71. The molecule has 11 heteroatoms. The number of nitrogens with zero attached hydrogens (tertiary/aromatic N) is 1. The SMILES string of the molecule is COC(=O)NOc1cc(C(C)=NOCc2cccc3c2OC(F)(F)O3)ccc1Cl. The van der Waals surface area contributed by atoms with Crippen molar-refractivity contribution in [2.24, 2.45) is 5.16 Å². The molecule has 0 atom stereocenters. The number of hydrogen-bond acceptors (Lipinski definition) is 7. The highest BCUT2D eigenvalue weighted by Gasteiger charge is 2.44. The Balaban J connectivity index is 1.67. The Morgan fingerprint density at radius 3 is 2.83 bits per heavy atom. The van der Waals surface area contributed by atoms with Crippen molar-refractivity contribution >= 4 is 23.4 Å². The fraction of sp³-hybridized carbons (Fsp3) is 0.222. The maximum Gasteiger partial charge on any atom is 0.586 e. The van der Waals surface area contributed by atoms with Gasteiger partial charge in [0.15, 0.2) is 17.2 Å². The number of rotatable bonds is 6. The molecule has 1 heterocycles. The van der Waals surface area contributed by atoms with E-state index in [1.54, 1.807) is 25.1 Å². The lowest BCUT2D eigenvalue weighted by Gasteiger charge is -2.09. The third-order valence-corrected chi connectivity index (χ3v) is 4.02. The highest BCUT2D eigenvalue weighted by molar-refractivity contribution is 6.32. The van der Waals surface area contributed by atoms with Crippen LogP contribution in [0.5, 0.6) is 17.2 Å². The monoisotopic (exact) mass is 428 g/mol. The molecule has 2 aromatic carbocycles. The minimum absolute atomic E-state index is 0.0746. The number of halogens is 3. The number of benzene rings is 2. The van der Waals surface area contributed by atoms with E-state index in [-0.39, 0.29) is 28.9 Å². The van der Waals surface area contributed by atoms with Gasteiger partial charge in [0.25, 0.3) is 0 Å². The van der Waals surface area contributed by atoms with Crippen LogP contribution in [0.15, 0.2) is 41.6 Å². The molecule has 0 saturated heterocycles. The van der Waals surface area contributed by atoms with Crippen molar-refractivity contribution in [3.63, 3.8) is 0 Å². The van der Waals surface area contributed by atoms with Gasteiger partial charge in [-0.15, -0.1) is 8.78 Å². The molecule has 0 radical (unpaired) electrons. The van der Waals surface area contributed by atoms with Crippen molar-refractivity contribution in [3.05, 3.63) is 52.5 Å². The molecule has 8 nitrogen and oxygen atoms in total. The zero-order valence-corrected chi connectivity index (χ0v) is 16.0. The Bertz CT molecular complexity index is 954. The third-order valence-electron chi connectivity index (χ3n) is 3.71. The van der Waals surface area contributed by atoms with Gasteiger partial charge in [-0.25, -0.2) is 4.79 Å². The summed E-state index contributed by atoms with van der Waals surface area (Å²) in [7, 11) is 1.19. The molecular weight excluding hydrogens is 414 g/mol. The third kappa shape index (κ3) is 4.96. The van der Waals surface area contributed by atoms with Crippen LogP contribution in [0.2, 0.25) is 5.02 Å². The summed E-state index contributed by atoms with van der Waals surface area (Å²) in [5.41, 5.74) is 3.42. The second kappa shape index (κ2) is 8.39. The number of hydrogen-bond donors (Lipinski definition) is 1. The largest absolute Gasteiger partial charge is 0.586 e. The first-order valence-corrected chi connectivity index (χ1v) is 8.52. The molecule has 1 aliphatic heterocycles. The van der Waals surface area contributed by atoms with Crippen LogP contribution >= 0.6 is 11.6 Å². The van der Waals surface area contributed by atoms with E-state index in [9.17, 15) is 13.6 Å². The molecule has 0 bridgehead atoms. The molecule has 3 rings (SSSR count). The number of carbonyl (C=O) groups is 1. The molecule has 29 heavy (non-hydrogen) atoms. The van der Waals surface area contributed by atoms with Crippen molar-refractivity contribution in [3.8, 4) is 17.2 Å². The summed E-state index contributed by atoms with van der Waals surface area (Å²) in [6.45, 7) is 1.53. The van der Waals surface area contributed by atoms with Crippen LogP contribution in [0, 0.1) is 0 Å². The van der Waals surface area contributed by atoms with Gasteiger partial charge in [0, 0.05) is 11.1 Å². The molecule has 0 spiro atoms. The number of alkyl halides is 2. The summed E-state index contributed by atoms with van der Waals surface area (Å²) in [5.74, 6) is -0.00593. The number of oxime groups is 1. The average molecular weight is 429 g/mol. The summed E-state index contributed by atoms with van der Waals surface area (Å²) >= 11 is 6.01. The molecule has 0 unspecified atom stereocenters. The Hall–Kier alpha value is -3.27. The van der Waals surface area contributed by atoms with Crippen molar-refractivity contribution in [2.75, 3.05) is 7.11 Å². The number of carbonyl (C=O) groups excluding carboxylic acids is 1. The van der Waals surface area contributed by atoms with Gasteiger partial charge in [-0.05, 0) is 25.1 Å². The summed E-state index contributed by atoms with van der Waals surface area (Å²) in [4.78, 5) is 21.4. The topological polar surface area (TPSA) is 87.6 Å². The summed E-state index contributed by atoms with van der Waals surface area (Å²) < 4.78 is 39.7. The molecule has 0 aliphatic carbocycles. The second-order valence-corrected chi connectivity index (χ2v) is 6.11. The number of ether oxygens (including phenoxy) is 3. The fourth-order valence-electron chi connectivity index (χ4n) is 2.34. The number of hydroxylamine groups is 1. The van der Waals surface area contributed by atoms with E-state index in [2.05, 4.69) is 19.4 Å². The number of nitrogens with one attached hydrogen (secondary N) is 1. The summed E-state index contributed by atoms with van der Waals surface area (Å²) in [5, 5.41) is 4.20. The Labute approximate surface area is 168 Å². The minimum Gasteiger partial charge on any atom is -0.451 e. The lowest BCUT2D eigenvalue weighted by atomic mass is 10.1. The first-order valence-electron chi connectivity index (χ1n) is 8.14. The van der Waals surface area contributed by atoms with Gasteiger partial charge in [-0.3, -0.25) is 0 Å². The molecule has 1 aliphatic rings. The quantitative estimate of drug-likeness (QED) is 0.546. The van der Waals surface area contributed by atoms with E-state index >= 15 is 0 Å². The van der Waals surface area contributed by atoms with Crippen LogP contribution in [0.4, 0.5) is 13.6 Å². The second-order valence-electron chi connectivity index (χ2n) is 5.70. The lowest BCUT2D eigenvalue weighted by Crippen LogP contribution is -2.26. The van der Waals surface area contributed by atoms with E-state index in [1.807, 2.05) is 5.48 Å². The summed E-state index contributed by atoms with van der Waals surface area (Å²) in [6.07, 6.45) is -4.51. The van der Waals surface area contributed by atoms with Crippen LogP contribution in [0.25, 0.3) is 0 Å². The highest BCUT2D eigenvalue weighted by atomic mass is 35.5. The highest BCUT2D eigenvalue weighted by Crippen LogP contribution is 2.43. The van der Waals surface area contributed by atoms with E-state index in [1.165, 1.54) is 25.3 Å². The van der Waals surface area contributed by atoms with Crippen LogP contribution in [-0.4, -0.2) is 25.2 Å². The first-order chi connectivity index (χ1) is 13.8. The zero-order chi connectivity index (χ0) is 21.0. The molecule has 1 amide bonds.